The zero-order chi connectivity index (χ0) is 16.7. The highest BCUT2D eigenvalue weighted by Crippen LogP contribution is 2.29. The third-order valence-electron chi connectivity index (χ3n) is 3.52. The summed E-state index contributed by atoms with van der Waals surface area (Å²) in [6.07, 6.45) is 2.93. The first-order valence-electron chi connectivity index (χ1n) is 7.02. The summed E-state index contributed by atoms with van der Waals surface area (Å²) in [7, 11) is 1.62. The van der Waals surface area contributed by atoms with Gasteiger partial charge in [0, 0.05) is 6.20 Å². The van der Waals surface area contributed by atoms with Crippen molar-refractivity contribution in [2.75, 3.05) is 12.4 Å². The van der Waals surface area contributed by atoms with Crippen LogP contribution in [0.25, 0.3) is 15.2 Å². The monoisotopic (exact) mass is 342 g/mol. The summed E-state index contributed by atoms with van der Waals surface area (Å²) >= 11 is 1.47. The van der Waals surface area contributed by atoms with Gasteiger partial charge < -0.3 is 10.1 Å². The first-order valence-corrected chi connectivity index (χ1v) is 7.84. The number of nitrogens with one attached hydrogen (secondary N) is 1. The Morgan fingerprint density at radius 1 is 1.33 bits per heavy atom. The molecule has 3 heterocycles. The maximum atomic E-state index is 12.8. The van der Waals surface area contributed by atoms with Gasteiger partial charge in [-0.25, -0.2) is 9.97 Å². The second kappa shape index (κ2) is 5.57. The molecule has 0 atom stereocenters. The summed E-state index contributed by atoms with van der Waals surface area (Å²) < 4.78 is 20.9. The lowest BCUT2D eigenvalue weighted by molar-refractivity contribution is 0.102. The number of ether oxygens (including phenoxy) is 1. The van der Waals surface area contributed by atoms with Crippen LogP contribution in [-0.4, -0.2) is 27.4 Å². The number of benzene rings is 1. The van der Waals surface area contributed by atoms with E-state index in [0.717, 1.165) is 16.0 Å². The quantitative estimate of drug-likeness (QED) is 0.580. The molecular formula is C16H11FN4O2S. The van der Waals surface area contributed by atoms with Crippen LogP contribution in [0.4, 0.5) is 10.1 Å². The molecule has 0 aliphatic heterocycles. The molecule has 0 saturated heterocycles. The number of halogens is 1. The smallest absolute Gasteiger partial charge is 0.275 e. The molecule has 6 nitrogen and oxygen atoms in total. The Morgan fingerprint density at radius 2 is 2.21 bits per heavy atom. The van der Waals surface area contributed by atoms with E-state index in [1.165, 1.54) is 29.7 Å². The minimum Gasteiger partial charge on any atom is -0.497 e. The molecular weight excluding hydrogens is 331 g/mol. The summed E-state index contributed by atoms with van der Waals surface area (Å²) in [6, 6.07) is 8.34. The topological polar surface area (TPSA) is 68.5 Å². The molecule has 0 bridgehead atoms. The Morgan fingerprint density at radius 3 is 2.96 bits per heavy atom. The van der Waals surface area contributed by atoms with Crippen molar-refractivity contribution in [2.24, 2.45) is 0 Å². The Kier molecular flexibility index (Phi) is 3.39. The molecule has 1 N–H and O–H groups in total. The van der Waals surface area contributed by atoms with Gasteiger partial charge in [-0.05, 0) is 30.3 Å². The Bertz CT molecular complexity index is 1060. The second-order valence-corrected chi connectivity index (χ2v) is 6.05. The molecule has 0 aliphatic rings. The van der Waals surface area contributed by atoms with Crippen LogP contribution in [0.2, 0.25) is 0 Å². The molecule has 3 aromatic heterocycles. The minimum absolute atomic E-state index is 0.281. The largest absolute Gasteiger partial charge is 0.497 e. The molecule has 120 valence electrons. The van der Waals surface area contributed by atoms with E-state index in [-0.39, 0.29) is 11.6 Å². The molecule has 0 aliphatic carbocycles. The molecule has 8 heteroatoms. The van der Waals surface area contributed by atoms with Crippen LogP contribution in [0.5, 0.6) is 5.75 Å². The lowest BCUT2D eigenvalue weighted by Gasteiger charge is -2.01. The standard InChI is InChI=1S/C16H11FN4O2S/c1-23-10-3-4-12-13(6-10)24-16-20-11(8-21(12)16)15(22)19-9-2-5-14(17)18-7-9/h2-8H,1H3,(H,19,22). The number of pyridine rings is 1. The number of carbonyl (C=O) groups is 1. The first-order chi connectivity index (χ1) is 11.6. The maximum Gasteiger partial charge on any atom is 0.275 e. The zero-order valence-corrected chi connectivity index (χ0v) is 13.3. The molecule has 0 fully saturated rings. The highest BCUT2D eigenvalue weighted by Gasteiger charge is 2.15. The van der Waals surface area contributed by atoms with Crippen molar-refractivity contribution in [3.63, 3.8) is 0 Å². The van der Waals surface area contributed by atoms with E-state index in [4.69, 9.17) is 4.74 Å². The number of rotatable bonds is 3. The predicted octanol–water partition coefficient (Wildman–Crippen LogP) is 3.34. The SMILES string of the molecule is COc1ccc2c(c1)sc1nc(C(=O)Nc3ccc(F)nc3)cn12. The Hall–Kier alpha value is -3.00. The Labute approximate surface area is 139 Å². The number of hydrogen-bond donors (Lipinski definition) is 1. The number of carbonyl (C=O) groups excluding carboxylic acids is 1. The van der Waals surface area contributed by atoms with Crippen molar-refractivity contribution < 1.29 is 13.9 Å². The molecule has 24 heavy (non-hydrogen) atoms. The summed E-state index contributed by atoms with van der Waals surface area (Å²) in [5, 5.41) is 2.64. The van der Waals surface area contributed by atoms with Gasteiger partial charge in [-0.2, -0.15) is 4.39 Å². The number of imidazole rings is 1. The van der Waals surface area contributed by atoms with Crippen LogP contribution >= 0.6 is 11.3 Å². The van der Waals surface area contributed by atoms with E-state index in [2.05, 4.69) is 15.3 Å². The van der Waals surface area contributed by atoms with Crippen LogP contribution in [0, 0.1) is 5.95 Å². The van der Waals surface area contributed by atoms with E-state index < -0.39 is 5.95 Å². The number of amides is 1. The lowest BCUT2D eigenvalue weighted by Crippen LogP contribution is -2.12. The van der Waals surface area contributed by atoms with Gasteiger partial charge in [0.2, 0.25) is 5.95 Å². The highest BCUT2D eigenvalue weighted by atomic mass is 32.1. The summed E-state index contributed by atoms with van der Waals surface area (Å²) in [6.45, 7) is 0. The van der Waals surface area contributed by atoms with Gasteiger partial charge in [0.25, 0.3) is 5.91 Å². The maximum absolute atomic E-state index is 12.8. The van der Waals surface area contributed by atoms with Crippen molar-refractivity contribution in [1.82, 2.24) is 14.4 Å². The van der Waals surface area contributed by atoms with Crippen LogP contribution in [0.3, 0.4) is 0 Å². The lowest BCUT2D eigenvalue weighted by atomic mass is 10.3. The van der Waals surface area contributed by atoms with E-state index in [1.807, 2.05) is 22.6 Å². The Balaban J connectivity index is 1.67. The summed E-state index contributed by atoms with van der Waals surface area (Å²) in [5.74, 6) is -0.202. The first kappa shape index (κ1) is 14.6. The fourth-order valence-corrected chi connectivity index (χ4v) is 3.40. The number of methoxy groups -OCH3 is 1. The summed E-state index contributed by atoms with van der Waals surface area (Å²) in [4.78, 5) is 20.8. The van der Waals surface area contributed by atoms with E-state index in [9.17, 15) is 9.18 Å². The van der Waals surface area contributed by atoms with E-state index >= 15 is 0 Å². The number of hydrogen-bond acceptors (Lipinski definition) is 5. The van der Waals surface area contributed by atoms with E-state index in [0.29, 0.717) is 10.6 Å². The molecule has 0 saturated carbocycles. The van der Waals surface area contributed by atoms with Gasteiger partial charge in [-0.1, -0.05) is 11.3 Å². The van der Waals surface area contributed by atoms with Crippen molar-refractivity contribution >= 4 is 38.1 Å². The van der Waals surface area contributed by atoms with Gasteiger partial charge >= 0.3 is 0 Å². The van der Waals surface area contributed by atoms with Gasteiger partial charge in [-0.15, -0.1) is 0 Å². The average Bonchev–Trinajstić information content (AvgIpc) is 3.14. The minimum atomic E-state index is -0.600. The van der Waals surface area contributed by atoms with E-state index in [1.54, 1.807) is 13.3 Å². The molecule has 0 spiro atoms. The predicted molar refractivity (Wildman–Crippen MR) is 89.3 cm³/mol. The number of fused-ring (bicyclic) bond motifs is 3. The van der Waals surface area contributed by atoms with Crippen LogP contribution in [0.15, 0.2) is 42.7 Å². The fourth-order valence-electron chi connectivity index (χ4n) is 2.36. The van der Waals surface area contributed by atoms with Crippen LogP contribution in [-0.2, 0) is 0 Å². The summed E-state index contributed by atoms with van der Waals surface area (Å²) in [5.41, 5.74) is 1.64. The van der Waals surface area contributed by atoms with Gasteiger partial charge in [-0.3, -0.25) is 9.20 Å². The number of thiazole rings is 1. The molecule has 1 aromatic carbocycles. The van der Waals surface area contributed by atoms with Crippen molar-refractivity contribution in [2.45, 2.75) is 0 Å². The average molecular weight is 342 g/mol. The number of nitrogens with zero attached hydrogens (tertiary/aromatic N) is 3. The highest BCUT2D eigenvalue weighted by molar-refractivity contribution is 7.23. The van der Waals surface area contributed by atoms with Gasteiger partial charge in [0.15, 0.2) is 4.96 Å². The molecule has 0 radical (unpaired) electrons. The number of aromatic nitrogens is 3. The fraction of sp³-hybridized carbons (Fsp3) is 0.0625. The number of anilines is 1. The van der Waals surface area contributed by atoms with Crippen LogP contribution in [0.1, 0.15) is 10.5 Å². The van der Waals surface area contributed by atoms with Gasteiger partial charge in [0.05, 0.1) is 29.2 Å². The van der Waals surface area contributed by atoms with Crippen molar-refractivity contribution in [1.29, 1.82) is 0 Å². The molecule has 0 unspecified atom stereocenters. The zero-order valence-electron chi connectivity index (χ0n) is 12.5. The normalized spacial score (nSPS) is 11.1. The third-order valence-corrected chi connectivity index (χ3v) is 4.54. The third kappa shape index (κ3) is 2.46. The van der Waals surface area contributed by atoms with Crippen molar-refractivity contribution in [3.8, 4) is 5.75 Å². The molecule has 4 aromatic rings. The molecule has 1 amide bonds. The second-order valence-electron chi connectivity index (χ2n) is 5.04. The van der Waals surface area contributed by atoms with Crippen molar-refractivity contribution in [3.05, 3.63) is 54.4 Å². The van der Waals surface area contributed by atoms with Gasteiger partial charge in [0.1, 0.15) is 11.4 Å². The molecule has 4 rings (SSSR count). The van der Waals surface area contributed by atoms with Crippen LogP contribution < -0.4 is 10.1 Å².